The molecule has 0 radical (unpaired) electrons. The van der Waals surface area contributed by atoms with Crippen molar-refractivity contribution in [2.24, 2.45) is 5.92 Å². The Hall–Kier alpha value is -1.06. The largest absolute Gasteiger partial charge is 0.469 e. The second-order valence-corrected chi connectivity index (χ2v) is 3.63. The molecular weight excluding hydrogens is 182 g/mol. The maximum Gasteiger partial charge on any atom is 0.305 e. The Balaban J connectivity index is 3.36. The molecular formula is C10H19NO3. The van der Waals surface area contributed by atoms with Crippen molar-refractivity contribution >= 4 is 11.9 Å². The van der Waals surface area contributed by atoms with Gasteiger partial charge >= 0.3 is 5.97 Å². The topological polar surface area (TPSA) is 55.4 Å². The zero-order chi connectivity index (χ0) is 11.0. The summed E-state index contributed by atoms with van der Waals surface area (Å²) in [7, 11) is 1.36. The molecule has 4 heteroatoms. The number of ether oxygens (including phenoxy) is 1. The number of esters is 1. The van der Waals surface area contributed by atoms with Gasteiger partial charge in [-0.1, -0.05) is 13.8 Å². The number of carbonyl (C=O) groups excluding carboxylic acids is 2. The fraction of sp³-hybridized carbons (Fsp3) is 0.800. The molecule has 14 heavy (non-hydrogen) atoms. The van der Waals surface area contributed by atoms with E-state index in [0.29, 0.717) is 31.7 Å². The van der Waals surface area contributed by atoms with E-state index in [-0.39, 0.29) is 11.9 Å². The number of hydrogen-bond donors (Lipinski definition) is 1. The molecule has 0 aliphatic carbocycles. The van der Waals surface area contributed by atoms with Gasteiger partial charge in [-0.3, -0.25) is 9.59 Å². The molecule has 1 N–H and O–H groups in total. The number of rotatable bonds is 6. The van der Waals surface area contributed by atoms with Crippen LogP contribution in [0, 0.1) is 5.92 Å². The van der Waals surface area contributed by atoms with Gasteiger partial charge in [-0.15, -0.1) is 0 Å². The van der Waals surface area contributed by atoms with Gasteiger partial charge in [-0.2, -0.15) is 0 Å². The molecule has 0 aromatic rings. The SMILES string of the molecule is COC(=O)CCCNC(=O)CC(C)C. The van der Waals surface area contributed by atoms with Gasteiger partial charge in [0, 0.05) is 19.4 Å². The van der Waals surface area contributed by atoms with E-state index in [9.17, 15) is 9.59 Å². The highest BCUT2D eigenvalue weighted by atomic mass is 16.5. The Bertz CT molecular complexity index is 190. The first-order chi connectivity index (χ1) is 6.56. The summed E-state index contributed by atoms with van der Waals surface area (Å²) in [4.78, 5) is 21.8. The van der Waals surface area contributed by atoms with E-state index in [1.807, 2.05) is 13.8 Å². The lowest BCUT2D eigenvalue weighted by molar-refractivity contribution is -0.140. The molecule has 0 unspecified atom stereocenters. The second kappa shape index (κ2) is 7.35. The summed E-state index contributed by atoms with van der Waals surface area (Å²) in [6.45, 7) is 4.53. The maximum atomic E-state index is 11.1. The Morgan fingerprint density at radius 1 is 1.36 bits per heavy atom. The molecule has 0 bridgehead atoms. The fourth-order valence-electron chi connectivity index (χ4n) is 1.01. The van der Waals surface area contributed by atoms with E-state index >= 15 is 0 Å². The third-order valence-electron chi connectivity index (χ3n) is 1.70. The molecule has 0 atom stereocenters. The third-order valence-corrected chi connectivity index (χ3v) is 1.70. The van der Waals surface area contributed by atoms with Crippen LogP contribution in [-0.2, 0) is 14.3 Å². The normalized spacial score (nSPS) is 10.0. The number of amides is 1. The minimum Gasteiger partial charge on any atom is -0.469 e. The van der Waals surface area contributed by atoms with Crippen LogP contribution in [0.5, 0.6) is 0 Å². The van der Waals surface area contributed by atoms with Crippen molar-refractivity contribution in [2.45, 2.75) is 33.1 Å². The number of carbonyl (C=O) groups is 2. The lowest BCUT2D eigenvalue weighted by Gasteiger charge is -2.06. The van der Waals surface area contributed by atoms with Crippen molar-refractivity contribution in [3.63, 3.8) is 0 Å². The minimum absolute atomic E-state index is 0.0462. The number of nitrogens with one attached hydrogen (secondary N) is 1. The van der Waals surface area contributed by atoms with Gasteiger partial charge in [0.05, 0.1) is 7.11 Å². The summed E-state index contributed by atoms with van der Waals surface area (Å²) in [6.07, 6.45) is 1.53. The first kappa shape index (κ1) is 12.9. The van der Waals surface area contributed by atoms with Crippen LogP contribution in [0.1, 0.15) is 33.1 Å². The zero-order valence-corrected chi connectivity index (χ0v) is 9.13. The molecule has 82 valence electrons. The maximum absolute atomic E-state index is 11.1. The number of methoxy groups -OCH3 is 1. The average Bonchev–Trinajstić information content (AvgIpc) is 2.10. The van der Waals surface area contributed by atoms with Gasteiger partial charge in [-0.25, -0.2) is 0 Å². The molecule has 0 saturated heterocycles. The minimum atomic E-state index is -0.233. The quantitative estimate of drug-likeness (QED) is 0.517. The van der Waals surface area contributed by atoms with Gasteiger partial charge in [0.25, 0.3) is 0 Å². The fourth-order valence-corrected chi connectivity index (χ4v) is 1.01. The summed E-state index contributed by atoms with van der Waals surface area (Å²) < 4.78 is 4.47. The molecule has 0 heterocycles. The standard InChI is InChI=1S/C10H19NO3/c1-8(2)7-9(12)11-6-4-5-10(13)14-3/h8H,4-7H2,1-3H3,(H,11,12). The third kappa shape index (κ3) is 7.58. The first-order valence-corrected chi connectivity index (χ1v) is 4.89. The van der Waals surface area contributed by atoms with Gasteiger partial charge in [0.1, 0.15) is 0 Å². The smallest absolute Gasteiger partial charge is 0.305 e. The van der Waals surface area contributed by atoms with Gasteiger partial charge < -0.3 is 10.1 Å². The zero-order valence-electron chi connectivity index (χ0n) is 9.13. The molecule has 0 rings (SSSR count). The molecule has 0 aromatic carbocycles. The van der Waals surface area contributed by atoms with Crippen LogP contribution in [0.3, 0.4) is 0 Å². The van der Waals surface area contributed by atoms with Crippen LogP contribution in [0.25, 0.3) is 0 Å². The van der Waals surface area contributed by atoms with Gasteiger partial charge in [0.2, 0.25) is 5.91 Å². The lowest BCUT2D eigenvalue weighted by Crippen LogP contribution is -2.25. The lowest BCUT2D eigenvalue weighted by atomic mass is 10.1. The molecule has 0 aliphatic rings. The van der Waals surface area contributed by atoms with Crippen molar-refractivity contribution in [1.29, 1.82) is 0 Å². The summed E-state index contributed by atoms with van der Waals surface area (Å²) in [5.41, 5.74) is 0. The van der Waals surface area contributed by atoms with Crippen LogP contribution >= 0.6 is 0 Å². The highest BCUT2D eigenvalue weighted by Crippen LogP contribution is 1.98. The Kier molecular flexibility index (Phi) is 6.80. The average molecular weight is 201 g/mol. The molecule has 0 fully saturated rings. The van der Waals surface area contributed by atoms with Crippen LogP contribution in [-0.4, -0.2) is 25.5 Å². The van der Waals surface area contributed by atoms with Gasteiger partial charge in [-0.05, 0) is 12.3 Å². The predicted octanol–water partition coefficient (Wildman–Crippen LogP) is 1.10. The molecule has 4 nitrogen and oxygen atoms in total. The summed E-state index contributed by atoms with van der Waals surface area (Å²) in [5.74, 6) is 0.184. The van der Waals surface area contributed by atoms with E-state index in [1.165, 1.54) is 7.11 Å². The Labute approximate surface area is 85.0 Å². The first-order valence-electron chi connectivity index (χ1n) is 4.89. The highest BCUT2D eigenvalue weighted by molar-refractivity contribution is 5.76. The summed E-state index contributed by atoms with van der Waals surface area (Å²) in [6, 6.07) is 0. The number of hydrogen-bond acceptors (Lipinski definition) is 3. The van der Waals surface area contributed by atoms with Crippen LogP contribution in [0.2, 0.25) is 0 Å². The van der Waals surface area contributed by atoms with E-state index in [2.05, 4.69) is 10.1 Å². The van der Waals surface area contributed by atoms with Crippen LogP contribution < -0.4 is 5.32 Å². The molecule has 1 amide bonds. The van der Waals surface area contributed by atoms with Crippen molar-refractivity contribution in [3.05, 3.63) is 0 Å². The van der Waals surface area contributed by atoms with Crippen molar-refractivity contribution in [2.75, 3.05) is 13.7 Å². The van der Waals surface area contributed by atoms with Crippen molar-refractivity contribution in [1.82, 2.24) is 5.32 Å². The van der Waals surface area contributed by atoms with Gasteiger partial charge in [0.15, 0.2) is 0 Å². The van der Waals surface area contributed by atoms with E-state index in [4.69, 9.17) is 0 Å². The van der Waals surface area contributed by atoms with Crippen LogP contribution in [0.4, 0.5) is 0 Å². The van der Waals surface area contributed by atoms with Crippen molar-refractivity contribution in [3.8, 4) is 0 Å². The second-order valence-electron chi connectivity index (χ2n) is 3.63. The Morgan fingerprint density at radius 2 is 2.00 bits per heavy atom. The van der Waals surface area contributed by atoms with E-state index in [0.717, 1.165) is 0 Å². The molecule has 0 spiro atoms. The molecule has 0 aromatic heterocycles. The van der Waals surface area contributed by atoms with E-state index in [1.54, 1.807) is 0 Å². The predicted molar refractivity (Wildman–Crippen MR) is 53.7 cm³/mol. The monoisotopic (exact) mass is 201 g/mol. The van der Waals surface area contributed by atoms with E-state index < -0.39 is 0 Å². The highest BCUT2D eigenvalue weighted by Gasteiger charge is 2.04. The summed E-state index contributed by atoms with van der Waals surface area (Å²) >= 11 is 0. The van der Waals surface area contributed by atoms with Crippen molar-refractivity contribution < 1.29 is 14.3 Å². The van der Waals surface area contributed by atoms with Crippen LogP contribution in [0.15, 0.2) is 0 Å². The Morgan fingerprint density at radius 3 is 2.50 bits per heavy atom. The summed E-state index contributed by atoms with van der Waals surface area (Å²) in [5, 5.41) is 2.75. The molecule has 0 aliphatic heterocycles. The molecule has 0 saturated carbocycles.